The Labute approximate surface area is 227 Å². The van der Waals surface area contributed by atoms with E-state index in [1.54, 1.807) is 0 Å². The monoisotopic (exact) mass is 495 g/mol. The minimum absolute atomic E-state index is 0.331. The number of benzene rings is 6. The van der Waals surface area contributed by atoms with Crippen molar-refractivity contribution in [3.8, 4) is 27.9 Å². The molecule has 1 heterocycles. The van der Waals surface area contributed by atoms with Crippen molar-refractivity contribution in [1.29, 1.82) is 0 Å². The highest BCUT2D eigenvalue weighted by Crippen LogP contribution is 2.64. The van der Waals surface area contributed by atoms with Gasteiger partial charge in [-0.2, -0.15) is 0 Å². The molecule has 0 atom stereocenters. The summed E-state index contributed by atoms with van der Waals surface area (Å²) in [5.74, 6) is 0. The van der Waals surface area contributed by atoms with Crippen LogP contribution < -0.4 is 0 Å². The van der Waals surface area contributed by atoms with Gasteiger partial charge in [0.25, 0.3) is 0 Å². The molecule has 0 bridgehead atoms. The van der Waals surface area contributed by atoms with Crippen LogP contribution >= 0.6 is 0 Å². The summed E-state index contributed by atoms with van der Waals surface area (Å²) in [6.45, 7) is 2.16. The number of nitrogens with zero attached hydrogens (tertiary/aromatic N) is 1. The zero-order chi connectivity index (χ0) is 25.7. The molecule has 0 radical (unpaired) electrons. The molecular weight excluding hydrogens is 470 g/mol. The Morgan fingerprint density at radius 3 is 1.72 bits per heavy atom. The third kappa shape index (κ3) is 2.46. The summed E-state index contributed by atoms with van der Waals surface area (Å²) in [4.78, 5) is 0. The molecule has 0 amide bonds. The zero-order valence-corrected chi connectivity index (χ0v) is 21.6. The van der Waals surface area contributed by atoms with Gasteiger partial charge < -0.3 is 4.57 Å². The van der Waals surface area contributed by atoms with E-state index in [-0.39, 0.29) is 5.41 Å². The smallest absolute Gasteiger partial charge is 0.0726 e. The zero-order valence-electron chi connectivity index (χ0n) is 21.6. The van der Waals surface area contributed by atoms with Crippen molar-refractivity contribution in [2.45, 2.75) is 12.3 Å². The lowest BCUT2D eigenvalue weighted by atomic mass is 9.70. The quantitative estimate of drug-likeness (QED) is 0.214. The van der Waals surface area contributed by atoms with E-state index in [1.165, 1.54) is 77.6 Å². The molecule has 0 fully saturated rings. The number of rotatable bonds is 1. The average Bonchev–Trinajstić information content (AvgIpc) is 3.60. The maximum atomic E-state index is 2.49. The molecule has 2 aliphatic rings. The lowest BCUT2D eigenvalue weighted by molar-refractivity contribution is 0.794. The third-order valence-corrected chi connectivity index (χ3v) is 9.09. The average molecular weight is 496 g/mol. The van der Waals surface area contributed by atoms with Gasteiger partial charge in [-0.1, -0.05) is 121 Å². The van der Waals surface area contributed by atoms with Crippen LogP contribution in [-0.4, -0.2) is 4.57 Å². The van der Waals surface area contributed by atoms with E-state index in [0.29, 0.717) is 0 Å². The molecule has 0 saturated heterocycles. The number of hydrogen-bond donors (Lipinski definition) is 0. The van der Waals surface area contributed by atoms with Crippen molar-refractivity contribution in [1.82, 2.24) is 4.57 Å². The predicted octanol–water partition coefficient (Wildman–Crippen LogP) is 9.44. The molecule has 7 aromatic rings. The number of aryl methyl sites for hydroxylation is 1. The van der Waals surface area contributed by atoms with Crippen LogP contribution in [0.1, 0.15) is 27.8 Å². The lowest BCUT2D eigenvalue weighted by Gasteiger charge is -2.30. The van der Waals surface area contributed by atoms with Crippen LogP contribution in [0.25, 0.3) is 49.7 Å². The largest absolute Gasteiger partial charge is 0.309 e. The van der Waals surface area contributed by atoms with E-state index >= 15 is 0 Å². The van der Waals surface area contributed by atoms with Gasteiger partial charge in [-0.05, 0) is 64.1 Å². The predicted molar refractivity (Wildman–Crippen MR) is 162 cm³/mol. The number of hydrogen-bond acceptors (Lipinski definition) is 0. The van der Waals surface area contributed by atoms with Gasteiger partial charge >= 0.3 is 0 Å². The molecule has 1 heteroatoms. The van der Waals surface area contributed by atoms with Gasteiger partial charge in [-0.15, -0.1) is 0 Å². The van der Waals surface area contributed by atoms with Crippen molar-refractivity contribution >= 4 is 21.8 Å². The molecule has 1 aromatic heterocycles. The molecule has 0 N–H and O–H groups in total. The van der Waals surface area contributed by atoms with Gasteiger partial charge in [0, 0.05) is 22.0 Å². The SMILES string of the molecule is Cc1ccc(-n2c3ccccc3c3ccc4c(c32)-c2ccccc2C42c3ccccc3-c3ccccc32)cc1. The second-order valence-corrected chi connectivity index (χ2v) is 11.0. The Bertz CT molecular complexity index is 2080. The minimum Gasteiger partial charge on any atom is -0.309 e. The highest BCUT2D eigenvalue weighted by atomic mass is 15.0. The van der Waals surface area contributed by atoms with Gasteiger partial charge in [0.2, 0.25) is 0 Å². The molecule has 39 heavy (non-hydrogen) atoms. The summed E-state index contributed by atoms with van der Waals surface area (Å²) in [6, 6.07) is 49.8. The molecule has 0 aliphatic heterocycles. The first kappa shape index (κ1) is 21.1. The van der Waals surface area contributed by atoms with E-state index in [0.717, 1.165) is 0 Å². The molecule has 0 unspecified atom stereocenters. The van der Waals surface area contributed by atoms with Crippen LogP contribution in [0.3, 0.4) is 0 Å². The van der Waals surface area contributed by atoms with Crippen LogP contribution in [0.5, 0.6) is 0 Å². The van der Waals surface area contributed by atoms with Crippen molar-refractivity contribution in [2.75, 3.05) is 0 Å². The summed E-state index contributed by atoms with van der Waals surface area (Å²) >= 11 is 0. The normalized spacial score (nSPS) is 14.0. The Morgan fingerprint density at radius 2 is 1.03 bits per heavy atom. The van der Waals surface area contributed by atoms with Crippen molar-refractivity contribution in [3.63, 3.8) is 0 Å². The summed E-state index contributed by atoms with van der Waals surface area (Å²) in [5, 5.41) is 2.60. The molecule has 1 nitrogen and oxygen atoms in total. The summed E-state index contributed by atoms with van der Waals surface area (Å²) in [5.41, 5.74) is 15.6. The first-order chi connectivity index (χ1) is 19.3. The van der Waals surface area contributed by atoms with Crippen LogP contribution in [-0.2, 0) is 5.41 Å². The first-order valence-electron chi connectivity index (χ1n) is 13.7. The Kier molecular flexibility index (Phi) is 3.98. The van der Waals surface area contributed by atoms with Gasteiger partial charge in [-0.3, -0.25) is 0 Å². The Hall–Kier alpha value is -4.88. The van der Waals surface area contributed by atoms with Gasteiger partial charge in [0.15, 0.2) is 0 Å². The van der Waals surface area contributed by atoms with E-state index < -0.39 is 0 Å². The molecule has 6 aromatic carbocycles. The van der Waals surface area contributed by atoms with Crippen molar-refractivity contribution in [2.24, 2.45) is 0 Å². The molecule has 2 aliphatic carbocycles. The fraction of sp³-hybridized carbons (Fsp3) is 0.0526. The van der Waals surface area contributed by atoms with E-state index in [2.05, 4.69) is 145 Å². The third-order valence-electron chi connectivity index (χ3n) is 9.09. The van der Waals surface area contributed by atoms with E-state index in [4.69, 9.17) is 0 Å². The molecule has 0 saturated carbocycles. The van der Waals surface area contributed by atoms with E-state index in [9.17, 15) is 0 Å². The van der Waals surface area contributed by atoms with Crippen LogP contribution in [0.15, 0.2) is 133 Å². The van der Waals surface area contributed by atoms with Crippen molar-refractivity contribution < 1.29 is 0 Å². The summed E-state index contributed by atoms with van der Waals surface area (Å²) in [7, 11) is 0. The lowest BCUT2D eigenvalue weighted by Crippen LogP contribution is -2.25. The molecule has 9 rings (SSSR count). The van der Waals surface area contributed by atoms with E-state index in [1.807, 2.05) is 0 Å². The first-order valence-corrected chi connectivity index (χ1v) is 13.7. The van der Waals surface area contributed by atoms with Crippen LogP contribution in [0.2, 0.25) is 0 Å². The topological polar surface area (TPSA) is 4.93 Å². The minimum atomic E-state index is -0.331. The molecule has 182 valence electrons. The fourth-order valence-electron chi connectivity index (χ4n) is 7.59. The maximum Gasteiger partial charge on any atom is 0.0726 e. The van der Waals surface area contributed by atoms with Gasteiger partial charge in [0.1, 0.15) is 0 Å². The van der Waals surface area contributed by atoms with Gasteiger partial charge in [-0.25, -0.2) is 0 Å². The molecular formula is C38H25N. The Balaban J connectivity index is 1.52. The number of para-hydroxylation sites is 1. The Morgan fingerprint density at radius 1 is 0.462 bits per heavy atom. The van der Waals surface area contributed by atoms with Crippen LogP contribution in [0.4, 0.5) is 0 Å². The molecule has 1 spiro atoms. The second kappa shape index (κ2) is 7.36. The van der Waals surface area contributed by atoms with Crippen LogP contribution in [0, 0.1) is 6.92 Å². The summed E-state index contributed by atoms with van der Waals surface area (Å²) in [6.07, 6.45) is 0. The second-order valence-electron chi connectivity index (χ2n) is 11.0. The highest BCUT2D eigenvalue weighted by Gasteiger charge is 2.52. The summed E-state index contributed by atoms with van der Waals surface area (Å²) < 4.78 is 2.49. The number of fused-ring (bicyclic) bond motifs is 14. The highest BCUT2D eigenvalue weighted by molar-refractivity contribution is 6.16. The fourth-order valence-corrected chi connectivity index (χ4v) is 7.59. The van der Waals surface area contributed by atoms with Crippen molar-refractivity contribution in [3.05, 3.63) is 161 Å². The number of aromatic nitrogens is 1. The van der Waals surface area contributed by atoms with Gasteiger partial charge in [0.05, 0.1) is 16.4 Å². The standard InChI is InChI=1S/C38H25N/c1-24-18-20-25(21-19-24)39-35-17-9-5-12-28(35)29-22-23-34-36(37(29)39)30-13-4-8-16-33(30)38(34)31-14-6-2-10-26(31)27-11-3-7-15-32(27)38/h2-23H,1H3. The maximum absolute atomic E-state index is 2.49.